The van der Waals surface area contributed by atoms with Gasteiger partial charge in [-0.05, 0) is 12.9 Å². The third-order valence-corrected chi connectivity index (χ3v) is 2.00. The minimum absolute atomic E-state index is 0. The summed E-state index contributed by atoms with van der Waals surface area (Å²) in [7, 11) is -4.52. The molecule has 0 bridgehead atoms. The Morgan fingerprint density at radius 3 is 1.82 bits per heavy atom. The van der Waals surface area contributed by atoms with E-state index >= 15 is 0 Å². The van der Waals surface area contributed by atoms with Gasteiger partial charge in [-0.1, -0.05) is 30.3 Å². The monoisotopic (exact) mass is 204 g/mol. The fourth-order valence-corrected chi connectivity index (χ4v) is 1.15. The topological polar surface area (TPSA) is 63.2 Å². The van der Waals surface area contributed by atoms with E-state index in [0.29, 0.717) is 0 Å². The summed E-state index contributed by atoms with van der Waals surface area (Å²) in [5.74, 6) is 0. The summed E-state index contributed by atoms with van der Waals surface area (Å²) in [6.45, 7) is 0. The van der Waals surface area contributed by atoms with Gasteiger partial charge in [-0.2, -0.15) is 0 Å². The second-order valence-electron chi connectivity index (χ2n) is 1.83. The second kappa shape index (κ2) is 4.20. The summed E-state index contributed by atoms with van der Waals surface area (Å²) in [6, 6.07) is 7.23. The maximum absolute atomic E-state index is 10.3. The second-order valence-corrected chi connectivity index (χ2v) is 3.34. The van der Waals surface area contributed by atoms with Crippen LogP contribution >= 0.6 is 7.60 Å². The Morgan fingerprint density at radius 2 is 1.55 bits per heavy atom. The van der Waals surface area contributed by atoms with Crippen molar-refractivity contribution in [1.82, 2.24) is 0 Å². The van der Waals surface area contributed by atoms with Crippen LogP contribution in [0.2, 0.25) is 0 Å². The van der Waals surface area contributed by atoms with Crippen molar-refractivity contribution in [2.75, 3.05) is 0 Å². The first kappa shape index (κ1) is 11.1. The van der Waals surface area contributed by atoms with Crippen LogP contribution in [-0.4, -0.2) is 0 Å². The van der Waals surface area contributed by atoms with Gasteiger partial charge in [-0.15, -0.1) is 0 Å². The first-order valence-electron chi connectivity index (χ1n) is 2.68. The van der Waals surface area contributed by atoms with Gasteiger partial charge < -0.3 is 14.4 Å². The molecule has 1 rings (SSSR count). The molecule has 3 nitrogen and oxygen atoms in total. The Morgan fingerprint density at radius 1 is 1.09 bits per heavy atom. The van der Waals surface area contributed by atoms with Crippen LogP contribution in [0.4, 0.5) is 0 Å². The maximum Gasteiger partial charge on any atom is 2.00 e. The van der Waals surface area contributed by atoms with Crippen LogP contribution in [0.25, 0.3) is 0 Å². The number of hydrogen-bond acceptors (Lipinski definition) is 3. The van der Waals surface area contributed by atoms with Gasteiger partial charge in [0.2, 0.25) is 0 Å². The molecule has 5 heteroatoms. The van der Waals surface area contributed by atoms with Crippen molar-refractivity contribution in [3.05, 3.63) is 30.3 Å². The van der Waals surface area contributed by atoms with Gasteiger partial charge in [-0.25, -0.2) is 0 Å². The van der Waals surface area contributed by atoms with Crippen molar-refractivity contribution < 1.29 is 36.1 Å². The maximum atomic E-state index is 10.3. The van der Waals surface area contributed by atoms with Crippen LogP contribution in [0.1, 0.15) is 0 Å². The molecule has 0 aromatic heterocycles. The summed E-state index contributed by atoms with van der Waals surface area (Å²) in [5, 5.41) is -0.157. The fraction of sp³-hybridized carbons (Fsp3) is 0. The predicted molar refractivity (Wildman–Crippen MR) is 33.7 cm³/mol. The van der Waals surface area contributed by atoms with Gasteiger partial charge in [0.25, 0.3) is 0 Å². The first-order valence-corrected chi connectivity index (χ1v) is 4.22. The van der Waals surface area contributed by atoms with E-state index in [2.05, 4.69) is 0 Å². The predicted octanol–water partition coefficient (Wildman–Crippen LogP) is -0.777. The van der Waals surface area contributed by atoms with E-state index in [4.69, 9.17) is 0 Å². The van der Waals surface area contributed by atoms with E-state index in [1.807, 2.05) is 0 Å². The minimum Gasteiger partial charge on any atom is -0.807 e. The van der Waals surface area contributed by atoms with Crippen LogP contribution < -0.4 is 15.1 Å². The molecular weight excluding hydrogens is 199 g/mol. The molecule has 0 aliphatic carbocycles. The summed E-state index contributed by atoms with van der Waals surface area (Å²) in [5.41, 5.74) is 0. The molecule has 0 atom stereocenters. The molecule has 0 aliphatic rings. The summed E-state index contributed by atoms with van der Waals surface area (Å²) in [4.78, 5) is 20.6. The van der Waals surface area contributed by atoms with Crippen LogP contribution in [0.3, 0.4) is 0 Å². The smallest absolute Gasteiger partial charge is 0.807 e. The molecule has 1 aromatic rings. The van der Waals surface area contributed by atoms with E-state index < -0.39 is 7.60 Å². The van der Waals surface area contributed by atoms with Crippen molar-refractivity contribution >= 4 is 12.9 Å². The zero-order valence-electron chi connectivity index (χ0n) is 5.56. The van der Waals surface area contributed by atoms with Crippen LogP contribution in [0.5, 0.6) is 0 Å². The molecule has 1 aromatic carbocycles. The first-order chi connectivity index (χ1) is 4.61. The van der Waals surface area contributed by atoms with Crippen molar-refractivity contribution in [3.8, 4) is 0 Å². The zero-order valence-corrected chi connectivity index (χ0v) is 8.01. The van der Waals surface area contributed by atoms with Gasteiger partial charge in [0.05, 0.1) is 0 Å². The van der Waals surface area contributed by atoms with E-state index in [9.17, 15) is 14.4 Å². The third kappa shape index (κ3) is 3.32. The molecule has 0 saturated heterocycles. The van der Waals surface area contributed by atoms with Gasteiger partial charge in [0.1, 0.15) is 0 Å². The molecule has 0 radical (unpaired) electrons. The van der Waals surface area contributed by atoms with Gasteiger partial charge in [-0.3, -0.25) is 0 Å². The average molecular weight is 204 g/mol. The Bertz CT molecular complexity index is 256. The molecule has 0 aliphatic heterocycles. The third-order valence-electron chi connectivity index (χ3n) is 1.07. The van der Waals surface area contributed by atoms with Crippen molar-refractivity contribution in [2.45, 2.75) is 0 Å². The van der Waals surface area contributed by atoms with E-state index in [1.165, 1.54) is 24.3 Å². The van der Waals surface area contributed by atoms with Crippen LogP contribution in [-0.2, 0) is 26.3 Å². The van der Waals surface area contributed by atoms with Crippen molar-refractivity contribution in [3.63, 3.8) is 0 Å². The standard InChI is InChI=1S/C6H7O3P.Ti/c7-10(8,9)6-4-2-1-3-5-6;/h1-5H,(H2,7,8,9);/q;+2/p-2. The SMILES string of the molecule is O=P([O-])([O-])c1ccccc1.[Ti+2]. The van der Waals surface area contributed by atoms with Crippen LogP contribution in [0, 0.1) is 0 Å². The molecule has 0 spiro atoms. The fourth-order valence-electron chi connectivity index (χ4n) is 0.611. The Labute approximate surface area is 79.5 Å². The average Bonchev–Trinajstić information content (AvgIpc) is 1.88. The molecule has 0 saturated carbocycles. The van der Waals surface area contributed by atoms with Gasteiger partial charge >= 0.3 is 21.7 Å². The Kier molecular flexibility index (Phi) is 4.23. The van der Waals surface area contributed by atoms with E-state index in [0.717, 1.165) is 0 Å². The largest absolute Gasteiger partial charge is 2.00 e. The molecule has 0 amide bonds. The zero-order chi connectivity index (χ0) is 7.61. The molecule has 0 heterocycles. The molecule has 11 heavy (non-hydrogen) atoms. The summed E-state index contributed by atoms with van der Waals surface area (Å²) in [6.07, 6.45) is 0. The van der Waals surface area contributed by atoms with Crippen molar-refractivity contribution in [2.24, 2.45) is 0 Å². The van der Waals surface area contributed by atoms with Crippen LogP contribution in [0.15, 0.2) is 30.3 Å². The van der Waals surface area contributed by atoms with E-state index in [-0.39, 0.29) is 27.0 Å². The molecule has 56 valence electrons. The normalized spacial score (nSPS) is 10.4. The molecule has 0 unspecified atom stereocenters. The van der Waals surface area contributed by atoms with Gasteiger partial charge in [0, 0.05) is 0 Å². The Balaban J connectivity index is 0.000001000. The molecular formula is C6H5O3PTi. The number of rotatable bonds is 1. The number of hydrogen-bond donors (Lipinski definition) is 0. The Hall–Kier alpha value is 0.0843. The van der Waals surface area contributed by atoms with Crippen molar-refractivity contribution in [1.29, 1.82) is 0 Å². The molecule has 0 fully saturated rings. The number of benzene rings is 1. The van der Waals surface area contributed by atoms with Gasteiger partial charge in [0.15, 0.2) is 0 Å². The van der Waals surface area contributed by atoms with E-state index in [1.54, 1.807) is 6.07 Å². The molecule has 0 N–H and O–H groups in total. The summed E-state index contributed by atoms with van der Waals surface area (Å²) < 4.78 is 10.3. The summed E-state index contributed by atoms with van der Waals surface area (Å²) >= 11 is 0. The minimum atomic E-state index is -4.52. The quantitative estimate of drug-likeness (QED) is 0.445.